The van der Waals surface area contributed by atoms with E-state index in [0.29, 0.717) is 23.0 Å². The van der Waals surface area contributed by atoms with Crippen molar-refractivity contribution in [3.8, 4) is 5.95 Å². The number of amides is 1. The molecule has 0 saturated carbocycles. The molecule has 10 nitrogen and oxygen atoms in total. The first-order chi connectivity index (χ1) is 15.8. The van der Waals surface area contributed by atoms with Crippen molar-refractivity contribution in [1.82, 2.24) is 19.7 Å². The Morgan fingerprint density at radius 1 is 1.00 bits per heavy atom. The Morgan fingerprint density at radius 3 is 2.33 bits per heavy atom. The van der Waals surface area contributed by atoms with Crippen LogP contribution in [0.25, 0.3) is 5.95 Å². The Balaban J connectivity index is 1.37. The van der Waals surface area contributed by atoms with E-state index in [9.17, 15) is 9.59 Å². The van der Waals surface area contributed by atoms with Gasteiger partial charge in [-0.05, 0) is 58.0 Å². The van der Waals surface area contributed by atoms with Gasteiger partial charge in [0, 0.05) is 36.1 Å². The van der Waals surface area contributed by atoms with Gasteiger partial charge in [0.2, 0.25) is 0 Å². The van der Waals surface area contributed by atoms with Crippen LogP contribution < -0.4 is 10.3 Å². The molecule has 1 N–H and O–H groups in total. The van der Waals surface area contributed by atoms with Crippen molar-refractivity contribution >= 4 is 29.1 Å². The molecule has 2 aromatic heterocycles. The van der Waals surface area contributed by atoms with E-state index in [0.717, 1.165) is 35.8 Å². The minimum absolute atomic E-state index is 0.352. The summed E-state index contributed by atoms with van der Waals surface area (Å²) in [5.74, 6) is -0.331. The molecule has 1 aromatic carbocycles. The van der Waals surface area contributed by atoms with Crippen LogP contribution in [0.5, 0.6) is 0 Å². The van der Waals surface area contributed by atoms with Crippen LogP contribution in [0.2, 0.25) is 0 Å². The number of carbonyl (C=O) groups is 2. The first kappa shape index (κ1) is 22.1. The maximum Gasteiger partial charge on any atom is 0.338 e. The summed E-state index contributed by atoms with van der Waals surface area (Å²) in [7, 11) is 0. The average Bonchev–Trinajstić information content (AvgIpc) is 3.36. The van der Waals surface area contributed by atoms with Crippen LogP contribution in [0.4, 0.5) is 11.5 Å². The van der Waals surface area contributed by atoms with Crippen LogP contribution in [0.15, 0.2) is 41.5 Å². The molecule has 3 aromatic rings. The molecule has 0 saturated heterocycles. The fourth-order valence-electron chi connectivity index (χ4n) is 3.47. The van der Waals surface area contributed by atoms with Crippen LogP contribution in [-0.2, 0) is 9.53 Å². The summed E-state index contributed by atoms with van der Waals surface area (Å²) in [6.07, 6.45) is 0.924. The first-order valence-electron chi connectivity index (χ1n) is 10.6. The number of nitrogens with zero attached hydrogens (tertiary/aromatic N) is 6. The molecule has 1 aliphatic heterocycles. The Morgan fingerprint density at radius 2 is 1.70 bits per heavy atom. The quantitative estimate of drug-likeness (QED) is 0.578. The van der Waals surface area contributed by atoms with Crippen LogP contribution in [-0.4, -0.2) is 50.5 Å². The zero-order chi connectivity index (χ0) is 23.5. The van der Waals surface area contributed by atoms with Crippen molar-refractivity contribution in [3.05, 3.63) is 59.0 Å². The molecule has 0 bridgehead atoms. The number of rotatable bonds is 6. The topological polar surface area (TPSA) is 115 Å². The predicted octanol–water partition coefficient (Wildman–Crippen LogP) is 2.97. The zero-order valence-corrected chi connectivity index (χ0v) is 19.0. The lowest BCUT2D eigenvalue weighted by molar-refractivity contribution is -0.119. The van der Waals surface area contributed by atoms with E-state index in [2.05, 4.69) is 25.5 Å². The van der Waals surface area contributed by atoms with E-state index in [-0.39, 0.29) is 0 Å². The number of carbonyl (C=O) groups excluding carboxylic acids is 2. The van der Waals surface area contributed by atoms with Gasteiger partial charge < -0.3 is 10.1 Å². The lowest BCUT2D eigenvalue weighted by atomic mass is 10.2. The second-order valence-electron chi connectivity index (χ2n) is 7.91. The van der Waals surface area contributed by atoms with Gasteiger partial charge in [-0.1, -0.05) is 0 Å². The highest BCUT2D eigenvalue weighted by molar-refractivity contribution is 5.95. The molecule has 1 aliphatic rings. The van der Waals surface area contributed by atoms with Crippen LogP contribution in [0, 0.1) is 20.8 Å². The molecule has 3 heterocycles. The normalized spacial score (nSPS) is 13.1. The molecule has 0 unspecified atom stereocenters. The highest BCUT2D eigenvalue weighted by Gasteiger charge is 2.17. The van der Waals surface area contributed by atoms with Gasteiger partial charge in [-0.2, -0.15) is 14.9 Å². The number of hydrazone groups is 1. The molecule has 0 radical (unpaired) electrons. The Hall–Kier alpha value is -4.08. The van der Waals surface area contributed by atoms with Crippen LogP contribution in [0.1, 0.15) is 40.8 Å². The van der Waals surface area contributed by atoms with E-state index < -0.39 is 18.5 Å². The molecule has 0 atom stereocenters. The second kappa shape index (κ2) is 9.19. The number of aromatic nitrogens is 4. The summed E-state index contributed by atoms with van der Waals surface area (Å²) in [6.45, 7) is 7.89. The Labute approximate surface area is 191 Å². The van der Waals surface area contributed by atoms with E-state index >= 15 is 0 Å². The molecule has 33 heavy (non-hydrogen) atoms. The number of benzene rings is 1. The Bertz CT molecular complexity index is 1210. The van der Waals surface area contributed by atoms with E-state index in [1.807, 2.05) is 44.0 Å². The molecule has 0 spiro atoms. The zero-order valence-electron chi connectivity index (χ0n) is 19.0. The summed E-state index contributed by atoms with van der Waals surface area (Å²) in [6, 6.07) is 10.5. The second-order valence-corrected chi connectivity index (χ2v) is 7.91. The smallest absolute Gasteiger partial charge is 0.338 e. The third kappa shape index (κ3) is 5.22. The molecular formula is C23H25N7O3. The lowest BCUT2D eigenvalue weighted by Crippen LogP contribution is -2.23. The standard InChI is InChI=1S/C23H25N7O3/c1-14-9-10-29(27-14)19-7-5-18(6-8-19)22(32)33-13-21(31)26-20-12-17(4)28-30(20)23-24-15(2)11-16(3)25-23/h5-8,11-12H,9-10,13H2,1-4H3,(H,26,31). The molecule has 170 valence electrons. The number of hydrogen-bond acceptors (Lipinski definition) is 8. The molecule has 0 aliphatic carbocycles. The summed E-state index contributed by atoms with van der Waals surface area (Å²) in [5, 5.41) is 13.4. The van der Waals surface area contributed by atoms with Crippen molar-refractivity contribution in [2.75, 3.05) is 23.5 Å². The summed E-state index contributed by atoms with van der Waals surface area (Å²) in [4.78, 5) is 33.6. The maximum absolute atomic E-state index is 12.4. The highest BCUT2D eigenvalue weighted by Crippen LogP contribution is 2.20. The van der Waals surface area contributed by atoms with Crippen LogP contribution >= 0.6 is 0 Å². The number of ether oxygens (including phenoxy) is 1. The van der Waals surface area contributed by atoms with Gasteiger partial charge >= 0.3 is 5.97 Å². The van der Waals surface area contributed by atoms with E-state index in [1.54, 1.807) is 25.1 Å². The van der Waals surface area contributed by atoms with Gasteiger partial charge in [-0.15, -0.1) is 0 Å². The number of anilines is 2. The average molecular weight is 447 g/mol. The van der Waals surface area contributed by atoms with E-state index in [4.69, 9.17) is 4.74 Å². The van der Waals surface area contributed by atoms with Crippen molar-refractivity contribution in [3.63, 3.8) is 0 Å². The Kier molecular flexibility index (Phi) is 6.16. The largest absolute Gasteiger partial charge is 0.452 e. The van der Waals surface area contributed by atoms with Crippen molar-refractivity contribution in [2.45, 2.75) is 34.1 Å². The minimum atomic E-state index is -0.583. The van der Waals surface area contributed by atoms with Gasteiger partial charge in [-0.3, -0.25) is 9.80 Å². The summed E-state index contributed by atoms with van der Waals surface area (Å²) in [5.41, 5.74) is 4.59. The summed E-state index contributed by atoms with van der Waals surface area (Å²) < 4.78 is 6.64. The van der Waals surface area contributed by atoms with Gasteiger partial charge in [0.25, 0.3) is 11.9 Å². The third-order valence-electron chi connectivity index (χ3n) is 4.97. The van der Waals surface area contributed by atoms with Gasteiger partial charge in [0.1, 0.15) is 5.82 Å². The number of aryl methyl sites for hydroxylation is 3. The molecule has 1 amide bonds. The van der Waals surface area contributed by atoms with E-state index in [1.165, 1.54) is 4.68 Å². The number of nitrogens with one attached hydrogen (secondary N) is 1. The van der Waals surface area contributed by atoms with Gasteiger partial charge in [0.15, 0.2) is 6.61 Å². The predicted molar refractivity (Wildman–Crippen MR) is 124 cm³/mol. The van der Waals surface area contributed by atoms with Crippen molar-refractivity contribution in [1.29, 1.82) is 0 Å². The summed E-state index contributed by atoms with van der Waals surface area (Å²) >= 11 is 0. The molecule has 0 fully saturated rings. The number of hydrogen-bond donors (Lipinski definition) is 1. The lowest BCUT2D eigenvalue weighted by Gasteiger charge is -2.13. The minimum Gasteiger partial charge on any atom is -0.452 e. The fraction of sp³-hybridized carbons (Fsp3) is 0.304. The molecule has 4 rings (SSSR count). The first-order valence-corrected chi connectivity index (χ1v) is 10.6. The SMILES string of the molecule is CC1=NN(c2ccc(C(=O)OCC(=O)Nc3cc(C)nn3-c3nc(C)cc(C)n3)cc2)CC1. The van der Waals surface area contributed by atoms with Crippen molar-refractivity contribution < 1.29 is 14.3 Å². The highest BCUT2D eigenvalue weighted by atomic mass is 16.5. The van der Waals surface area contributed by atoms with Crippen molar-refractivity contribution in [2.24, 2.45) is 5.10 Å². The van der Waals surface area contributed by atoms with Crippen LogP contribution in [0.3, 0.4) is 0 Å². The molecule has 10 heteroatoms. The maximum atomic E-state index is 12.4. The molecular weight excluding hydrogens is 422 g/mol. The van der Waals surface area contributed by atoms with Gasteiger partial charge in [0.05, 0.1) is 16.9 Å². The number of esters is 1. The third-order valence-corrected chi connectivity index (χ3v) is 4.97. The monoisotopic (exact) mass is 447 g/mol. The fourth-order valence-corrected chi connectivity index (χ4v) is 3.47. The van der Waals surface area contributed by atoms with Gasteiger partial charge in [-0.25, -0.2) is 14.8 Å².